The summed E-state index contributed by atoms with van der Waals surface area (Å²) < 4.78 is 24.0. The Morgan fingerprint density at radius 3 is 2.62 bits per heavy atom. The van der Waals surface area contributed by atoms with E-state index in [1.54, 1.807) is 54.4 Å². The van der Waals surface area contributed by atoms with Crippen LogP contribution in [-0.2, 0) is 7.05 Å². The quantitative estimate of drug-likeness (QED) is 0.261. The van der Waals surface area contributed by atoms with Gasteiger partial charge in [0.15, 0.2) is 11.6 Å². The van der Waals surface area contributed by atoms with Crippen LogP contribution in [0.25, 0.3) is 27.3 Å². The van der Waals surface area contributed by atoms with Crippen molar-refractivity contribution in [2.24, 2.45) is 7.05 Å². The molecule has 10 heteroatoms. The van der Waals surface area contributed by atoms with E-state index in [1.807, 2.05) is 41.8 Å². The average Bonchev–Trinajstić information content (AvgIpc) is 3.65. The van der Waals surface area contributed by atoms with Gasteiger partial charge in [-0.05, 0) is 54.8 Å². The van der Waals surface area contributed by atoms with Gasteiger partial charge in [0.25, 0.3) is 11.5 Å². The molecule has 0 aliphatic heterocycles. The van der Waals surface area contributed by atoms with Gasteiger partial charge in [0.2, 0.25) is 0 Å². The molecule has 0 atom stereocenters. The van der Waals surface area contributed by atoms with Gasteiger partial charge in [0.1, 0.15) is 17.0 Å². The lowest BCUT2D eigenvalue weighted by Gasteiger charge is -2.10. The molecule has 1 amide bonds. The number of pyridine rings is 1. The number of carbonyl (C=O) groups is 1. The first-order chi connectivity index (χ1) is 18.9. The van der Waals surface area contributed by atoms with Crippen LogP contribution in [0.5, 0.6) is 11.5 Å². The number of aromatic amines is 1. The third-order valence-corrected chi connectivity index (χ3v) is 7.37. The molecule has 8 nitrogen and oxygen atoms in total. The summed E-state index contributed by atoms with van der Waals surface area (Å²) in [6.45, 7) is 1.69. The van der Waals surface area contributed by atoms with Gasteiger partial charge in [0.05, 0.1) is 27.3 Å². The van der Waals surface area contributed by atoms with Gasteiger partial charge < -0.3 is 15.0 Å². The van der Waals surface area contributed by atoms with E-state index in [0.717, 1.165) is 16.6 Å². The molecule has 194 valence electrons. The van der Waals surface area contributed by atoms with Crippen LogP contribution in [0.3, 0.4) is 0 Å². The van der Waals surface area contributed by atoms with E-state index in [1.165, 1.54) is 16.8 Å². The maximum absolute atomic E-state index is 15.1. The number of para-hydroxylation sites is 1. The predicted octanol–water partition coefficient (Wildman–Crippen LogP) is 6.27. The fraction of sp³-hybridized carbons (Fsp3) is 0.0690. The number of aromatic nitrogens is 4. The van der Waals surface area contributed by atoms with Gasteiger partial charge in [0, 0.05) is 25.0 Å². The van der Waals surface area contributed by atoms with Crippen molar-refractivity contribution in [3.05, 3.63) is 112 Å². The Bertz CT molecular complexity index is 1890. The molecular weight excluding hydrogens is 517 g/mol. The van der Waals surface area contributed by atoms with Crippen molar-refractivity contribution in [3.63, 3.8) is 0 Å². The number of rotatable bonds is 6. The first-order valence-electron chi connectivity index (χ1n) is 12.0. The topological polar surface area (TPSA) is 93.9 Å². The van der Waals surface area contributed by atoms with E-state index in [-0.39, 0.29) is 17.0 Å². The Labute approximate surface area is 225 Å². The van der Waals surface area contributed by atoms with E-state index in [2.05, 4.69) is 15.3 Å². The number of nitrogens with one attached hydrogen (secondary N) is 2. The van der Waals surface area contributed by atoms with Gasteiger partial charge in [-0.3, -0.25) is 14.3 Å². The fourth-order valence-electron chi connectivity index (χ4n) is 4.46. The molecule has 0 radical (unpaired) electrons. The second-order valence-corrected chi connectivity index (χ2v) is 9.82. The zero-order valence-electron chi connectivity index (χ0n) is 20.9. The van der Waals surface area contributed by atoms with Crippen molar-refractivity contribution in [1.82, 2.24) is 19.3 Å². The van der Waals surface area contributed by atoms with Crippen LogP contribution in [-0.4, -0.2) is 25.2 Å². The van der Waals surface area contributed by atoms with Crippen LogP contribution < -0.4 is 15.6 Å². The third kappa shape index (κ3) is 4.40. The normalized spacial score (nSPS) is 11.2. The highest BCUT2D eigenvalue weighted by Crippen LogP contribution is 2.35. The second-order valence-electron chi connectivity index (χ2n) is 8.87. The minimum Gasteiger partial charge on any atom is -0.453 e. The number of H-pyrrole nitrogens is 1. The maximum atomic E-state index is 15.1. The Morgan fingerprint density at radius 1 is 1.05 bits per heavy atom. The van der Waals surface area contributed by atoms with Crippen molar-refractivity contribution in [3.8, 4) is 27.8 Å². The fourth-order valence-corrected chi connectivity index (χ4v) is 5.16. The highest BCUT2D eigenvalue weighted by molar-refractivity contribution is 7.13. The van der Waals surface area contributed by atoms with Crippen molar-refractivity contribution < 1.29 is 13.9 Å². The van der Waals surface area contributed by atoms with Gasteiger partial charge in [-0.2, -0.15) is 0 Å². The van der Waals surface area contributed by atoms with Gasteiger partial charge in [-0.15, -0.1) is 11.3 Å². The number of fused-ring (bicyclic) bond motifs is 1. The lowest BCUT2D eigenvalue weighted by Crippen LogP contribution is -2.25. The molecule has 39 heavy (non-hydrogen) atoms. The third-order valence-electron chi connectivity index (χ3n) is 6.47. The summed E-state index contributed by atoms with van der Waals surface area (Å²) in [5.41, 5.74) is 2.35. The van der Waals surface area contributed by atoms with E-state index in [4.69, 9.17) is 4.74 Å². The maximum Gasteiger partial charge on any atom is 0.284 e. The van der Waals surface area contributed by atoms with Crippen molar-refractivity contribution in [2.45, 2.75) is 6.92 Å². The number of anilines is 1. The Kier molecular flexibility index (Phi) is 6.08. The van der Waals surface area contributed by atoms with Gasteiger partial charge >= 0.3 is 0 Å². The number of ether oxygens (including phenoxy) is 1. The lowest BCUT2D eigenvalue weighted by atomic mass is 10.2. The first-order valence-corrected chi connectivity index (χ1v) is 12.9. The summed E-state index contributed by atoms with van der Waals surface area (Å²) in [6.07, 6.45) is 1.59. The molecule has 4 aromatic heterocycles. The smallest absolute Gasteiger partial charge is 0.284 e. The first kappa shape index (κ1) is 24.4. The number of hydrogen-bond donors (Lipinski definition) is 2. The molecule has 6 rings (SSSR count). The summed E-state index contributed by atoms with van der Waals surface area (Å²) in [6, 6.07) is 20.7. The summed E-state index contributed by atoms with van der Waals surface area (Å²) in [5, 5.41) is 5.34. The van der Waals surface area contributed by atoms with Crippen LogP contribution >= 0.6 is 11.3 Å². The highest BCUT2D eigenvalue weighted by Gasteiger charge is 2.23. The molecule has 0 saturated carbocycles. The standard InChI is InChI=1S/C29H22FN5O3S/c1-17-26(29(37)35(34(17)2)19-7-4-3-5-8-19)28(36)32-18-10-11-24(21(30)15-18)38-23-12-13-31-27-20(23)16-22(33-27)25-9-6-14-39-25/h3-16H,1-2H3,(H,31,33)(H,32,36). The summed E-state index contributed by atoms with van der Waals surface area (Å²) in [4.78, 5) is 34.9. The number of amides is 1. The minimum absolute atomic E-state index is 0.0123. The molecule has 0 bridgehead atoms. The minimum atomic E-state index is -0.668. The molecule has 0 aliphatic rings. The van der Waals surface area contributed by atoms with Crippen LogP contribution in [0.1, 0.15) is 16.1 Å². The SMILES string of the molecule is Cc1c(C(=O)Nc2ccc(Oc3ccnc4[nH]c(-c5cccs5)cc34)c(F)c2)c(=O)n(-c2ccccc2)n1C. The zero-order valence-corrected chi connectivity index (χ0v) is 21.8. The van der Waals surface area contributed by atoms with Crippen LogP contribution in [0.4, 0.5) is 10.1 Å². The molecule has 4 heterocycles. The summed E-state index contributed by atoms with van der Waals surface area (Å²) >= 11 is 1.59. The van der Waals surface area contributed by atoms with Crippen LogP contribution in [0.15, 0.2) is 89.2 Å². The number of carbonyl (C=O) groups excluding carboxylic acids is 1. The van der Waals surface area contributed by atoms with Crippen molar-refractivity contribution >= 4 is 34.0 Å². The zero-order chi connectivity index (χ0) is 27.1. The number of hydrogen-bond acceptors (Lipinski definition) is 5. The van der Waals surface area contributed by atoms with E-state index in [9.17, 15) is 9.59 Å². The molecule has 0 saturated heterocycles. The number of benzene rings is 2. The van der Waals surface area contributed by atoms with Crippen LogP contribution in [0.2, 0.25) is 0 Å². The molecular formula is C29H22FN5O3S. The molecule has 2 N–H and O–H groups in total. The number of thiophene rings is 1. The van der Waals surface area contributed by atoms with Gasteiger partial charge in [-0.1, -0.05) is 24.3 Å². The monoisotopic (exact) mass is 539 g/mol. The molecule has 0 fully saturated rings. The Hall–Kier alpha value is -4.96. The Balaban J connectivity index is 1.25. The molecule has 6 aromatic rings. The Morgan fingerprint density at radius 2 is 1.87 bits per heavy atom. The molecule has 0 aliphatic carbocycles. The molecule has 0 unspecified atom stereocenters. The number of halogens is 1. The molecule has 2 aromatic carbocycles. The second kappa shape index (κ2) is 9.73. The van der Waals surface area contributed by atoms with Crippen molar-refractivity contribution in [2.75, 3.05) is 5.32 Å². The van der Waals surface area contributed by atoms with Crippen LogP contribution in [0, 0.1) is 12.7 Å². The number of nitrogens with zero attached hydrogens (tertiary/aromatic N) is 3. The van der Waals surface area contributed by atoms with Crippen molar-refractivity contribution in [1.29, 1.82) is 0 Å². The molecule has 0 spiro atoms. The lowest BCUT2D eigenvalue weighted by molar-refractivity contribution is 0.102. The largest absolute Gasteiger partial charge is 0.453 e. The van der Waals surface area contributed by atoms with E-state index < -0.39 is 17.3 Å². The summed E-state index contributed by atoms with van der Waals surface area (Å²) in [5.74, 6) is -0.865. The van der Waals surface area contributed by atoms with E-state index in [0.29, 0.717) is 28.2 Å². The van der Waals surface area contributed by atoms with E-state index >= 15 is 4.39 Å². The highest BCUT2D eigenvalue weighted by atomic mass is 32.1. The predicted molar refractivity (Wildman–Crippen MR) is 150 cm³/mol. The summed E-state index contributed by atoms with van der Waals surface area (Å²) in [7, 11) is 1.70. The average molecular weight is 540 g/mol. The van der Waals surface area contributed by atoms with Gasteiger partial charge in [-0.25, -0.2) is 14.1 Å².